The van der Waals surface area contributed by atoms with Crippen LogP contribution in [0.2, 0.25) is 0 Å². The highest BCUT2D eigenvalue weighted by atomic mass is 35.5. The van der Waals surface area contributed by atoms with Gasteiger partial charge in [0, 0.05) is 26.1 Å². The van der Waals surface area contributed by atoms with Crippen molar-refractivity contribution < 1.29 is 9.90 Å². The first-order valence-corrected chi connectivity index (χ1v) is 6.78. The molecule has 98 valence electrons. The molecular formula is C11H18Cl2N2O2. The number of aliphatic imine (C=N–C) groups is 1. The van der Waals surface area contributed by atoms with E-state index in [9.17, 15) is 4.79 Å². The Kier molecular flexibility index (Phi) is 6.66. The number of alkyl halides is 2. The highest BCUT2D eigenvalue weighted by Gasteiger charge is 2.16. The van der Waals surface area contributed by atoms with E-state index in [0.717, 1.165) is 6.54 Å². The topological polar surface area (TPSA) is 52.9 Å². The Balaban J connectivity index is 0.000000209. The maximum atomic E-state index is 9.44. The van der Waals surface area contributed by atoms with Crippen molar-refractivity contribution in [3.8, 4) is 0 Å². The number of nitrogens with zero attached hydrogens (tertiary/aromatic N) is 2. The third-order valence-corrected chi connectivity index (χ3v) is 3.13. The fourth-order valence-corrected chi connectivity index (χ4v) is 1.94. The van der Waals surface area contributed by atoms with Crippen LogP contribution in [0.3, 0.4) is 0 Å². The first-order chi connectivity index (χ1) is 8.11. The van der Waals surface area contributed by atoms with E-state index in [1.165, 1.54) is 51.0 Å². The van der Waals surface area contributed by atoms with Gasteiger partial charge in [0.1, 0.15) is 0 Å². The first kappa shape index (κ1) is 14.6. The SMILES string of the molecule is C1CCC2=NCCCN2CC1.O=C(O)C(Cl)Cl. The lowest BCUT2D eigenvalue weighted by molar-refractivity contribution is -0.135. The van der Waals surface area contributed by atoms with Crippen LogP contribution in [0.15, 0.2) is 4.99 Å². The number of rotatable bonds is 1. The first-order valence-electron chi connectivity index (χ1n) is 5.90. The molecule has 2 aliphatic heterocycles. The molecule has 1 fully saturated rings. The summed E-state index contributed by atoms with van der Waals surface area (Å²) in [6.45, 7) is 3.60. The van der Waals surface area contributed by atoms with E-state index in [4.69, 9.17) is 28.3 Å². The van der Waals surface area contributed by atoms with Gasteiger partial charge >= 0.3 is 5.97 Å². The van der Waals surface area contributed by atoms with E-state index < -0.39 is 10.8 Å². The van der Waals surface area contributed by atoms with Crippen molar-refractivity contribution in [3.05, 3.63) is 0 Å². The minimum atomic E-state index is -1.29. The van der Waals surface area contributed by atoms with Crippen molar-refractivity contribution in [1.29, 1.82) is 0 Å². The Morgan fingerprint density at radius 3 is 2.53 bits per heavy atom. The number of halogens is 2. The second-order valence-electron chi connectivity index (χ2n) is 4.09. The molecule has 0 unspecified atom stereocenters. The second-order valence-corrected chi connectivity index (χ2v) is 5.18. The molecule has 2 heterocycles. The third kappa shape index (κ3) is 5.59. The lowest BCUT2D eigenvalue weighted by Gasteiger charge is -2.27. The summed E-state index contributed by atoms with van der Waals surface area (Å²) in [5.41, 5.74) is 0. The fourth-order valence-electron chi connectivity index (χ4n) is 1.94. The highest BCUT2D eigenvalue weighted by Crippen LogP contribution is 2.15. The van der Waals surface area contributed by atoms with Crippen molar-refractivity contribution in [2.75, 3.05) is 19.6 Å². The number of carboxylic acid groups (broad SMARTS) is 1. The zero-order valence-electron chi connectivity index (χ0n) is 9.74. The smallest absolute Gasteiger partial charge is 0.337 e. The van der Waals surface area contributed by atoms with Crippen LogP contribution in [0.25, 0.3) is 0 Å². The van der Waals surface area contributed by atoms with Crippen LogP contribution in [0.1, 0.15) is 32.1 Å². The molecule has 2 rings (SSSR count). The zero-order valence-corrected chi connectivity index (χ0v) is 11.3. The fraction of sp³-hybridized carbons (Fsp3) is 0.818. The summed E-state index contributed by atoms with van der Waals surface area (Å²) in [7, 11) is 0. The monoisotopic (exact) mass is 280 g/mol. The van der Waals surface area contributed by atoms with Crippen molar-refractivity contribution in [1.82, 2.24) is 4.90 Å². The largest absolute Gasteiger partial charge is 0.479 e. The number of hydrogen-bond acceptors (Lipinski definition) is 3. The van der Waals surface area contributed by atoms with Gasteiger partial charge in [0.05, 0.1) is 5.84 Å². The second kappa shape index (κ2) is 7.77. The molecule has 0 bridgehead atoms. The molecule has 4 nitrogen and oxygen atoms in total. The van der Waals surface area contributed by atoms with Crippen LogP contribution in [0.5, 0.6) is 0 Å². The van der Waals surface area contributed by atoms with Gasteiger partial charge in [-0.2, -0.15) is 0 Å². The van der Waals surface area contributed by atoms with Crippen molar-refractivity contribution in [3.63, 3.8) is 0 Å². The molecule has 0 amide bonds. The molecule has 2 aliphatic rings. The van der Waals surface area contributed by atoms with Crippen LogP contribution >= 0.6 is 23.2 Å². The molecule has 0 aromatic carbocycles. The van der Waals surface area contributed by atoms with E-state index in [2.05, 4.69) is 9.89 Å². The van der Waals surface area contributed by atoms with Gasteiger partial charge in [-0.3, -0.25) is 4.99 Å². The van der Waals surface area contributed by atoms with Gasteiger partial charge in [0.25, 0.3) is 0 Å². The van der Waals surface area contributed by atoms with Crippen molar-refractivity contribution >= 4 is 35.0 Å². The Morgan fingerprint density at radius 2 is 1.88 bits per heavy atom. The van der Waals surface area contributed by atoms with Gasteiger partial charge in [-0.1, -0.05) is 29.6 Å². The molecule has 0 aromatic rings. The molecular weight excluding hydrogens is 263 g/mol. The summed E-state index contributed by atoms with van der Waals surface area (Å²) in [6.07, 6.45) is 6.63. The van der Waals surface area contributed by atoms with Crippen molar-refractivity contribution in [2.45, 2.75) is 36.9 Å². The Morgan fingerprint density at radius 1 is 1.24 bits per heavy atom. The van der Waals surface area contributed by atoms with E-state index in [0.29, 0.717) is 0 Å². The predicted octanol–water partition coefficient (Wildman–Crippen LogP) is 2.54. The normalized spacial score (nSPS) is 19.7. The third-order valence-electron chi connectivity index (χ3n) is 2.76. The van der Waals surface area contributed by atoms with E-state index in [1.54, 1.807) is 0 Å². The molecule has 0 saturated carbocycles. The van der Waals surface area contributed by atoms with E-state index >= 15 is 0 Å². The van der Waals surface area contributed by atoms with Gasteiger partial charge in [-0.25, -0.2) is 4.79 Å². The standard InChI is InChI=1S/C9H16N2.C2H2Cl2O2/c1-2-5-9-10-6-4-8-11(9)7-3-1;3-1(4)2(5)6/h1-8H2;1H,(H,5,6). The molecule has 0 aromatic heterocycles. The average Bonchev–Trinajstić information content (AvgIpc) is 2.54. The minimum Gasteiger partial charge on any atom is -0.479 e. The van der Waals surface area contributed by atoms with E-state index in [1.807, 2.05) is 0 Å². The predicted molar refractivity (Wildman–Crippen MR) is 70.1 cm³/mol. The summed E-state index contributed by atoms with van der Waals surface area (Å²) in [5.74, 6) is 0.187. The van der Waals surface area contributed by atoms with Gasteiger partial charge in [0.15, 0.2) is 0 Å². The van der Waals surface area contributed by atoms with Crippen LogP contribution < -0.4 is 0 Å². The van der Waals surface area contributed by atoms with Gasteiger partial charge in [-0.15, -0.1) is 0 Å². The quantitative estimate of drug-likeness (QED) is 0.751. The molecule has 1 saturated heterocycles. The molecule has 0 radical (unpaired) electrons. The maximum absolute atomic E-state index is 9.44. The summed E-state index contributed by atoms with van der Waals surface area (Å²) >= 11 is 9.56. The lowest BCUT2D eigenvalue weighted by Crippen LogP contribution is -2.34. The summed E-state index contributed by atoms with van der Waals surface area (Å²) in [6, 6.07) is 0. The lowest BCUT2D eigenvalue weighted by atomic mass is 10.2. The number of fused-ring (bicyclic) bond motifs is 1. The van der Waals surface area contributed by atoms with Gasteiger partial charge in [-0.05, 0) is 19.3 Å². The number of amidine groups is 1. The van der Waals surface area contributed by atoms with E-state index in [-0.39, 0.29) is 0 Å². The molecule has 0 atom stereocenters. The van der Waals surface area contributed by atoms with Gasteiger partial charge in [0.2, 0.25) is 4.84 Å². The van der Waals surface area contributed by atoms with Crippen LogP contribution in [0.4, 0.5) is 0 Å². The summed E-state index contributed by atoms with van der Waals surface area (Å²) in [5, 5.41) is 7.73. The minimum absolute atomic E-state index is 1.08. The summed E-state index contributed by atoms with van der Waals surface area (Å²) in [4.78, 5) is 15.2. The van der Waals surface area contributed by atoms with Crippen molar-refractivity contribution in [2.24, 2.45) is 4.99 Å². The number of aliphatic carboxylic acids is 1. The Labute approximate surface area is 112 Å². The summed E-state index contributed by atoms with van der Waals surface area (Å²) < 4.78 is 0. The molecule has 17 heavy (non-hydrogen) atoms. The molecule has 1 N–H and O–H groups in total. The highest BCUT2D eigenvalue weighted by molar-refractivity contribution is 6.52. The van der Waals surface area contributed by atoms with Crippen LogP contribution in [0, 0.1) is 0 Å². The Bertz CT molecular complexity index is 283. The maximum Gasteiger partial charge on any atom is 0.337 e. The average molecular weight is 281 g/mol. The molecule has 0 aliphatic carbocycles. The molecule has 0 spiro atoms. The molecule has 6 heteroatoms. The van der Waals surface area contributed by atoms with Crippen LogP contribution in [-0.4, -0.2) is 46.3 Å². The van der Waals surface area contributed by atoms with Crippen LogP contribution in [-0.2, 0) is 4.79 Å². The number of carbonyl (C=O) groups is 1. The van der Waals surface area contributed by atoms with Gasteiger partial charge < -0.3 is 10.0 Å². The zero-order chi connectivity index (χ0) is 12.7. The Hall–Kier alpha value is -0.480. The number of hydrogen-bond donors (Lipinski definition) is 1. The number of carboxylic acids is 1.